The Labute approximate surface area is 135 Å². The summed E-state index contributed by atoms with van der Waals surface area (Å²) in [4.78, 5) is 19.0. The van der Waals surface area contributed by atoms with Crippen molar-refractivity contribution < 1.29 is 14.7 Å². The van der Waals surface area contributed by atoms with Crippen LogP contribution in [0.5, 0.6) is 0 Å². The third kappa shape index (κ3) is 4.07. The molecule has 1 saturated carbocycles. The highest BCUT2D eigenvalue weighted by Crippen LogP contribution is 2.39. The quantitative estimate of drug-likeness (QED) is 0.841. The van der Waals surface area contributed by atoms with E-state index in [1.807, 2.05) is 16.5 Å². The molecule has 0 spiro atoms. The normalized spacial score (nSPS) is 27.1. The molecule has 6 heteroatoms. The van der Waals surface area contributed by atoms with Crippen molar-refractivity contribution >= 4 is 17.2 Å². The monoisotopic (exact) mass is 324 g/mol. The van der Waals surface area contributed by atoms with Crippen LogP contribution in [0.2, 0.25) is 0 Å². The highest BCUT2D eigenvalue weighted by molar-refractivity contribution is 7.10. The van der Waals surface area contributed by atoms with Gasteiger partial charge in [0.2, 0.25) is 5.91 Å². The van der Waals surface area contributed by atoms with Crippen LogP contribution in [0.3, 0.4) is 0 Å². The van der Waals surface area contributed by atoms with Crippen molar-refractivity contribution in [3.05, 3.63) is 22.4 Å². The summed E-state index contributed by atoms with van der Waals surface area (Å²) in [5, 5.41) is 16.6. The summed E-state index contributed by atoms with van der Waals surface area (Å²) in [5.74, 6) is 0.415. The second-order valence-corrected chi connectivity index (χ2v) is 7.14. The van der Waals surface area contributed by atoms with Gasteiger partial charge in [-0.05, 0) is 43.0 Å². The number of hydrogen-bond donors (Lipinski definition) is 2. The largest absolute Gasteiger partial charge is 0.393 e. The molecule has 2 aliphatic rings. The average Bonchev–Trinajstić information content (AvgIpc) is 3.03. The Morgan fingerprint density at radius 2 is 2.36 bits per heavy atom. The minimum Gasteiger partial charge on any atom is -0.393 e. The summed E-state index contributed by atoms with van der Waals surface area (Å²) >= 11 is 1.67. The number of carbonyl (C=O) groups excluding carboxylic acids is 1. The molecule has 2 heterocycles. The van der Waals surface area contributed by atoms with Gasteiger partial charge in [-0.2, -0.15) is 5.06 Å². The van der Waals surface area contributed by atoms with E-state index in [9.17, 15) is 9.90 Å². The number of amides is 1. The molecule has 1 aromatic heterocycles. The standard InChI is InChI=1S/C16H24N2O3S/c19-13-10-12(11-13)16(14-4-3-9-22-14)17-15(20)5-7-18-6-1-2-8-21-18/h3-4,9,12-13,16,19H,1-2,5-8,10-11H2,(H,17,20). The van der Waals surface area contributed by atoms with Gasteiger partial charge in [-0.3, -0.25) is 9.63 Å². The third-order valence-corrected chi connectivity index (χ3v) is 5.41. The fourth-order valence-electron chi connectivity index (χ4n) is 3.09. The predicted octanol–water partition coefficient (Wildman–Crippen LogP) is 2.09. The van der Waals surface area contributed by atoms with E-state index < -0.39 is 0 Å². The fourth-order valence-corrected chi connectivity index (χ4v) is 3.96. The molecule has 1 atom stereocenters. The van der Waals surface area contributed by atoms with Gasteiger partial charge in [-0.15, -0.1) is 11.3 Å². The predicted molar refractivity (Wildman–Crippen MR) is 85.3 cm³/mol. The van der Waals surface area contributed by atoms with Crippen LogP contribution >= 0.6 is 11.3 Å². The van der Waals surface area contributed by atoms with Gasteiger partial charge < -0.3 is 10.4 Å². The Hall–Kier alpha value is -0.950. The Kier molecular flexibility index (Phi) is 5.46. The van der Waals surface area contributed by atoms with Crippen LogP contribution < -0.4 is 5.32 Å². The van der Waals surface area contributed by atoms with Crippen molar-refractivity contribution in [1.29, 1.82) is 0 Å². The molecule has 1 saturated heterocycles. The van der Waals surface area contributed by atoms with Crippen LogP contribution in [0, 0.1) is 5.92 Å². The number of rotatable bonds is 6. The first-order valence-electron chi connectivity index (χ1n) is 8.11. The van der Waals surface area contributed by atoms with E-state index in [-0.39, 0.29) is 18.1 Å². The Morgan fingerprint density at radius 1 is 1.50 bits per heavy atom. The zero-order valence-electron chi connectivity index (χ0n) is 12.7. The van der Waals surface area contributed by atoms with Crippen LogP contribution in [0.25, 0.3) is 0 Å². The molecule has 0 radical (unpaired) electrons. The molecule has 1 aliphatic carbocycles. The molecular formula is C16H24N2O3S. The molecule has 1 amide bonds. The van der Waals surface area contributed by atoms with Gasteiger partial charge in [0.25, 0.3) is 0 Å². The molecule has 5 nitrogen and oxygen atoms in total. The van der Waals surface area contributed by atoms with E-state index in [4.69, 9.17) is 4.84 Å². The zero-order valence-corrected chi connectivity index (χ0v) is 13.6. The highest BCUT2D eigenvalue weighted by Gasteiger charge is 2.36. The maximum absolute atomic E-state index is 12.3. The summed E-state index contributed by atoms with van der Waals surface area (Å²) < 4.78 is 0. The lowest BCUT2D eigenvalue weighted by atomic mass is 9.76. The van der Waals surface area contributed by atoms with Crippen molar-refractivity contribution in [3.63, 3.8) is 0 Å². The van der Waals surface area contributed by atoms with Gasteiger partial charge in [-0.1, -0.05) is 6.07 Å². The van der Waals surface area contributed by atoms with Crippen molar-refractivity contribution in [2.75, 3.05) is 19.7 Å². The Bertz CT molecular complexity index is 468. The Balaban J connectivity index is 1.50. The summed E-state index contributed by atoms with van der Waals surface area (Å²) in [6.07, 6.45) is 4.05. The van der Waals surface area contributed by atoms with E-state index in [0.29, 0.717) is 18.9 Å². The molecule has 2 N–H and O–H groups in total. The SMILES string of the molecule is O=C(CCN1CCCCO1)NC(c1cccs1)C1CC(O)C1. The first kappa shape index (κ1) is 15.9. The number of aliphatic hydroxyl groups excluding tert-OH is 1. The molecule has 122 valence electrons. The van der Waals surface area contributed by atoms with Crippen molar-refractivity contribution in [2.45, 2.75) is 44.2 Å². The maximum atomic E-state index is 12.3. The number of aliphatic hydroxyl groups is 1. The van der Waals surface area contributed by atoms with E-state index in [1.165, 1.54) is 4.88 Å². The number of carbonyl (C=O) groups is 1. The van der Waals surface area contributed by atoms with Crippen LogP contribution in [-0.4, -0.2) is 41.9 Å². The van der Waals surface area contributed by atoms with Crippen molar-refractivity contribution in [2.24, 2.45) is 5.92 Å². The van der Waals surface area contributed by atoms with Gasteiger partial charge in [-0.25, -0.2) is 0 Å². The van der Waals surface area contributed by atoms with Crippen LogP contribution in [0.1, 0.15) is 43.0 Å². The lowest BCUT2D eigenvalue weighted by Gasteiger charge is -2.37. The topological polar surface area (TPSA) is 61.8 Å². The second-order valence-electron chi connectivity index (χ2n) is 6.17. The van der Waals surface area contributed by atoms with Crippen molar-refractivity contribution in [3.8, 4) is 0 Å². The van der Waals surface area contributed by atoms with Gasteiger partial charge in [0.1, 0.15) is 0 Å². The van der Waals surface area contributed by atoms with Crippen molar-refractivity contribution in [1.82, 2.24) is 10.4 Å². The summed E-state index contributed by atoms with van der Waals surface area (Å²) in [5.41, 5.74) is 0. The highest BCUT2D eigenvalue weighted by atomic mass is 32.1. The summed E-state index contributed by atoms with van der Waals surface area (Å²) in [7, 11) is 0. The smallest absolute Gasteiger partial charge is 0.221 e. The minimum atomic E-state index is -0.203. The number of hydroxylamine groups is 2. The Morgan fingerprint density at radius 3 is 3.00 bits per heavy atom. The number of hydrogen-bond acceptors (Lipinski definition) is 5. The average molecular weight is 324 g/mol. The molecule has 1 aromatic rings. The lowest BCUT2D eigenvalue weighted by molar-refractivity contribution is -0.181. The number of nitrogens with zero attached hydrogens (tertiary/aromatic N) is 1. The molecule has 0 bridgehead atoms. The van der Waals surface area contributed by atoms with E-state index in [0.717, 1.165) is 38.8 Å². The number of nitrogens with one attached hydrogen (secondary N) is 1. The van der Waals surface area contributed by atoms with E-state index >= 15 is 0 Å². The fraction of sp³-hybridized carbons (Fsp3) is 0.688. The van der Waals surface area contributed by atoms with Gasteiger partial charge >= 0.3 is 0 Å². The van der Waals surface area contributed by atoms with Gasteiger partial charge in [0.05, 0.1) is 18.8 Å². The molecule has 0 aromatic carbocycles. The molecule has 2 fully saturated rings. The molecular weight excluding hydrogens is 300 g/mol. The van der Waals surface area contributed by atoms with E-state index in [1.54, 1.807) is 11.3 Å². The summed E-state index contributed by atoms with van der Waals surface area (Å²) in [6.45, 7) is 2.33. The first-order chi connectivity index (χ1) is 10.7. The van der Waals surface area contributed by atoms with Crippen LogP contribution in [0.4, 0.5) is 0 Å². The van der Waals surface area contributed by atoms with Gasteiger partial charge in [0, 0.05) is 24.4 Å². The van der Waals surface area contributed by atoms with Gasteiger partial charge in [0.15, 0.2) is 0 Å². The third-order valence-electron chi connectivity index (χ3n) is 4.45. The molecule has 1 aliphatic heterocycles. The maximum Gasteiger partial charge on any atom is 0.221 e. The van der Waals surface area contributed by atoms with E-state index in [2.05, 4.69) is 11.4 Å². The first-order valence-corrected chi connectivity index (χ1v) is 8.99. The van der Waals surface area contributed by atoms with Crippen LogP contribution in [-0.2, 0) is 9.63 Å². The molecule has 1 unspecified atom stereocenters. The number of thiophene rings is 1. The summed E-state index contributed by atoms with van der Waals surface area (Å²) in [6, 6.07) is 4.11. The van der Waals surface area contributed by atoms with Crippen LogP contribution in [0.15, 0.2) is 17.5 Å². The second kappa shape index (κ2) is 7.55. The molecule has 3 rings (SSSR count). The minimum absolute atomic E-state index is 0.0400. The molecule has 22 heavy (non-hydrogen) atoms. The zero-order chi connectivity index (χ0) is 15.4. The lowest BCUT2D eigenvalue weighted by Crippen LogP contribution is -2.42.